The van der Waals surface area contributed by atoms with Gasteiger partial charge in [-0.15, -0.1) is 0 Å². The highest BCUT2D eigenvalue weighted by molar-refractivity contribution is 6.13. The molecule has 5 aromatic heterocycles. The lowest BCUT2D eigenvalue weighted by Crippen LogP contribution is -2.28. The second kappa shape index (κ2) is 30.1. The van der Waals surface area contributed by atoms with Crippen LogP contribution in [0, 0.1) is 0 Å². The molecule has 14 heteroatoms. The first-order chi connectivity index (χ1) is 51.8. The third kappa shape index (κ3) is 14.4. The van der Waals surface area contributed by atoms with Crippen molar-refractivity contribution in [2.24, 2.45) is 0 Å². The van der Waals surface area contributed by atoms with E-state index in [9.17, 15) is 19.2 Å². The van der Waals surface area contributed by atoms with Crippen molar-refractivity contribution in [2.75, 3.05) is 47.8 Å². The van der Waals surface area contributed by atoms with Crippen molar-refractivity contribution in [2.45, 2.75) is 0 Å². The summed E-state index contributed by atoms with van der Waals surface area (Å²) in [4.78, 5) is 93.3. The second-order valence-corrected chi connectivity index (χ2v) is 25.6. The lowest BCUT2D eigenvalue weighted by molar-refractivity contribution is 0.0978. The first-order valence-corrected chi connectivity index (χ1v) is 34.6. The van der Waals surface area contributed by atoms with Crippen molar-refractivity contribution in [3.05, 3.63) is 363 Å². The zero-order valence-electron chi connectivity index (χ0n) is 58.4. The van der Waals surface area contributed by atoms with E-state index in [-0.39, 0.29) is 23.6 Å². The normalized spacial score (nSPS) is 11.0. The standard InChI is InChI=1S/C92H68N10O4/c1-99(75-41-33-63(34-42-75)83-21-9-13-49-93-83)89(103)71-53-69(54-72(57-71)90(104)100(2)76-43-35-64(36-44-76)84-22-10-14-50-94-84)81-19-7-5-17-79(81)61-25-29-67(30-26-61)87-59-98-88(60-97-87)68-31-27-62(28-32-68)80-18-6-8-20-82(80)70-55-73(91(105)101(3)77-45-37-65(38-46-77)85-23-11-15-51-95-85)58-74(56-70)92(106)102(4)78-47-39-66(40-48-78)86-24-12-16-52-96-86/h5-60H,1-4H3. The predicted molar refractivity (Wildman–Crippen MR) is 424 cm³/mol. The SMILES string of the molecule is CN(C(=O)c1cc(C(=O)N(C)c2ccc(-c3ccccn3)cc2)cc(-c2ccccc2-c2ccc(-c3cnc(-c4ccc(-c5ccccc5-c5cc(C(=O)N(C)c6ccc(-c7ccccn7)cc6)cc(C(=O)N(C)c6ccc(-c7ccccn7)cc6)c5)cc4)cn3)cc2)c1)c1ccc(-c2ccccn2)cc1. The van der Waals surface area contributed by atoms with E-state index < -0.39 is 0 Å². The molecular formula is C92H68N10O4. The molecule has 5 heterocycles. The summed E-state index contributed by atoms with van der Waals surface area (Å²) in [7, 11) is 6.95. The largest absolute Gasteiger partial charge is 0.311 e. The van der Waals surface area contributed by atoms with Gasteiger partial charge in [0, 0.05) is 131 Å². The van der Waals surface area contributed by atoms with Crippen molar-refractivity contribution in [3.8, 4) is 112 Å². The van der Waals surface area contributed by atoms with E-state index in [1.165, 1.54) is 0 Å². The number of carbonyl (C=O) groups excluding carboxylic acids is 4. The molecule has 14 nitrogen and oxygen atoms in total. The number of amides is 4. The topological polar surface area (TPSA) is 159 Å². The van der Waals surface area contributed by atoms with E-state index in [1.54, 1.807) is 97.1 Å². The molecule has 0 saturated heterocycles. The Morgan fingerprint density at radius 2 is 0.415 bits per heavy atom. The lowest BCUT2D eigenvalue weighted by Gasteiger charge is -2.21. The monoisotopic (exact) mass is 1380 g/mol. The number of rotatable bonds is 18. The van der Waals surface area contributed by atoms with E-state index in [1.807, 2.05) is 291 Å². The number of hydrogen-bond acceptors (Lipinski definition) is 10. The number of hydrogen-bond donors (Lipinski definition) is 0. The molecule has 0 bridgehead atoms. The Hall–Kier alpha value is -14.2. The molecule has 4 amide bonds. The van der Waals surface area contributed by atoms with Crippen LogP contribution in [0.1, 0.15) is 41.4 Å². The molecule has 0 aliphatic rings. The minimum Gasteiger partial charge on any atom is -0.311 e. The molecule has 0 aliphatic heterocycles. The Labute approximate surface area is 614 Å². The number of nitrogens with zero attached hydrogens (tertiary/aromatic N) is 10. The van der Waals surface area contributed by atoms with Crippen LogP contribution >= 0.6 is 0 Å². The van der Waals surface area contributed by atoms with Gasteiger partial charge in [0.1, 0.15) is 0 Å². The Bertz CT molecular complexity index is 5090. The summed E-state index contributed by atoms with van der Waals surface area (Å²) in [5.74, 6) is -1.15. The molecule has 0 spiro atoms. The first-order valence-electron chi connectivity index (χ1n) is 34.6. The molecule has 0 fully saturated rings. The third-order valence-corrected chi connectivity index (χ3v) is 19.0. The van der Waals surface area contributed by atoms with Gasteiger partial charge >= 0.3 is 0 Å². The van der Waals surface area contributed by atoms with E-state index in [2.05, 4.69) is 19.9 Å². The summed E-state index contributed by atoms with van der Waals surface area (Å²) in [6.07, 6.45) is 10.6. The highest BCUT2D eigenvalue weighted by Crippen LogP contribution is 2.39. The smallest absolute Gasteiger partial charge is 0.258 e. The van der Waals surface area contributed by atoms with E-state index >= 15 is 0 Å². The molecule has 0 saturated carbocycles. The van der Waals surface area contributed by atoms with Crippen LogP contribution in [0.2, 0.25) is 0 Å². The molecule has 0 atom stereocenters. The van der Waals surface area contributed by atoms with Crippen molar-refractivity contribution in [1.29, 1.82) is 0 Å². The first kappa shape index (κ1) is 67.6. The minimum atomic E-state index is -0.287. The third-order valence-electron chi connectivity index (χ3n) is 19.0. The number of aromatic nitrogens is 6. The molecule has 15 rings (SSSR count). The fraction of sp³-hybridized carbons (Fsp3) is 0.0435. The van der Waals surface area contributed by atoms with Gasteiger partial charge in [0.2, 0.25) is 0 Å². The highest BCUT2D eigenvalue weighted by atomic mass is 16.2. The number of pyridine rings is 4. The quantitative estimate of drug-likeness (QED) is 0.0809. The van der Waals surface area contributed by atoms with Crippen LogP contribution in [0.5, 0.6) is 0 Å². The summed E-state index contributed by atoms with van der Waals surface area (Å²) < 4.78 is 0. The maximum absolute atomic E-state index is 14.8. The predicted octanol–water partition coefficient (Wildman–Crippen LogP) is 19.8. The second-order valence-electron chi connectivity index (χ2n) is 25.6. The maximum Gasteiger partial charge on any atom is 0.258 e. The zero-order valence-corrected chi connectivity index (χ0v) is 58.4. The maximum atomic E-state index is 14.8. The van der Waals surface area contributed by atoms with Crippen molar-refractivity contribution < 1.29 is 19.2 Å². The molecule has 0 unspecified atom stereocenters. The van der Waals surface area contributed by atoms with Gasteiger partial charge in [-0.05, 0) is 178 Å². The van der Waals surface area contributed by atoms with Crippen LogP contribution in [0.25, 0.3) is 112 Å². The average molecular weight is 1380 g/mol. The van der Waals surface area contributed by atoms with Gasteiger partial charge in [-0.3, -0.25) is 49.1 Å². The summed E-state index contributed by atoms with van der Waals surface area (Å²) in [6, 6.07) is 96.8. The summed E-state index contributed by atoms with van der Waals surface area (Å²) in [5.41, 5.74) is 20.8. The van der Waals surface area contributed by atoms with Gasteiger partial charge in [0.25, 0.3) is 23.6 Å². The van der Waals surface area contributed by atoms with Crippen LogP contribution < -0.4 is 19.6 Å². The molecule has 10 aromatic carbocycles. The fourth-order valence-electron chi connectivity index (χ4n) is 13.1. The van der Waals surface area contributed by atoms with Gasteiger partial charge in [-0.2, -0.15) is 0 Å². The molecule has 15 aromatic rings. The number of anilines is 4. The van der Waals surface area contributed by atoms with Crippen LogP contribution in [-0.2, 0) is 0 Å². The molecule has 0 aliphatic carbocycles. The fourth-order valence-corrected chi connectivity index (χ4v) is 13.1. The Balaban J connectivity index is 0.687. The van der Waals surface area contributed by atoms with E-state index in [0.717, 1.165) is 89.5 Å². The Kier molecular flexibility index (Phi) is 19.2. The van der Waals surface area contributed by atoms with Gasteiger partial charge in [-0.1, -0.05) is 170 Å². The van der Waals surface area contributed by atoms with Crippen molar-refractivity contribution >= 4 is 46.4 Å². The molecule has 106 heavy (non-hydrogen) atoms. The Morgan fingerprint density at radius 3 is 0.642 bits per heavy atom. The highest BCUT2D eigenvalue weighted by Gasteiger charge is 2.25. The minimum absolute atomic E-state index is 0.287. The number of carbonyl (C=O) groups is 4. The van der Waals surface area contributed by atoms with Crippen molar-refractivity contribution in [3.63, 3.8) is 0 Å². The van der Waals surface area contributed by atoms with Crippen LogP contribution in [0.3, 0.4) is 0 Å². The van der Waals surface area contributed by atoms with Gasteiger partial charge < -0.3 is 19.6 Å². The number of benzene rings is 10. The molecule has 0 radical (unpaired) electrons. The lowest BCUT2D eigenvalue weighted by atomic mass is 9.91. The van der Waals surface area contributed by atoms with Gasteiger partial charge in [0.05, 0.1) is 46.6 Å². The summed E-state index contributed by atoms with van der Waals surface area (Å²) in [5, 5.41) is 0. The van der Waals surface area contributed by atoms with Crippen molar-refractivity contribution in [1.82, 2.24) is 29.9 Å². The molecule has 0 N–H and O–H groups in total. The Morgan fingerprint density at radius 1 is 0.208 bits per heavy atom. The van der Waals surface area contributed by atoms with E-state index in [4.69, 9.17) is 9.97 Å². The molecular weight excluding hydrogens is 1310 g/mol. The van der Waals surface area contributed by atoms with Crippen LogP contribution in [0.4, 0.5) is 22.7 Å². The zero-order chi connectivity index (χ0) is 72.6. The van der Waals surface area contributed by atoms with E-state index in [0.29, 0.717) is 67.5 Å². The average Bonchev–Trinajstić information content (AvgIpc) is 0.782. The van der Waals surface area contributed by atoms with Crippen LogP contribution in [-0.4, -0.2) is 81.7 Å². The molecule has 510 valence electrons. The van der Waals surface area contributed by atoms with Gasteiger partial charge in [0.15, 0.2) is 0 Å². The van der Waals surface area contributed by atoms with Gasteiger partial charge in [-0.25, -0.2) is 0 Å². The summed E-state index contributed by atoms with van der Waals surface area (Å²) in [6.45, 7) is 0. The summed E-state index contributed by atoms with van der Waals surface area (Å²) >= 11 is 0. The van der Waals surface area contributed by atoms with Crippen LogP contribution in [0.15, 0.2) is 340 Å².